The number of aliphatic imine (C=N–C) groups is 1. The number of benzene rings is 2. The molecule has 2 nitrogen and oxygen atoms in total. The highest BCUT2D eigenvalue weighted by atomic mass is 16.1. The van der Waals surface area contributed by atoms with Crippen LogP contribution in [0.4, 0.5) is 0 Å². The zero-order valence-corrected chi connectivity index (χ0v) is 13.9. The Kier molecular flexibility index (Phi) is 7.84. The molecule has 2 heteroatoms. The van der Waals surface area contributed by atoms with Crippen molar-refractivity contribution in [2.75, 3.05) is 6.54 Å². The van der Waals surface area contributed by atoms with Crippen molar-refractivity contribution in [2.45, 2.75) is 27.7 Å². The molecule has 22 heavy (non-hydrogen) atoms. The lowest BCUT2D eigenvalue weighted by Gasteiger charge is -1.99. The standard InChI is InChI=1S/C12H17N.C8H8O/c1-10(2)8-13-9-12-7-5-4-6-11(12)3;1-7-4-2-3-5-8(7)6-9/h4-7,9-10H,8H2,1-3H3;2-6H,1H3/b13-9-;. The lowest BCUT2D eigenvalue weighted by Crippen LogP contribution is -1.93. The summed E-state index contributed by atoms with van der Waals surface area (Å²) in [7, 11) is 0. The van der Waals surface area contributed by atoms with E-state index < -0.39 is 0 Å². The SMILES string of the molecule is Cc1ccccc1/C=N\CC(C)C.Cc1ccccc1C=O. The van der Waals surface area contributed by atoms with Crippen molar-refractivity contribution in [3.8, 4) is 0 Å². The summed E-state index contributed by atoms with van der Waals surface area (Å²) >= 11 is 0. The van der Waals surface area contributed by atoms with Crippen molar-refractivity contribution in [3.05, 3.63) is 70.8 Å². The Bertz CT molecular complexity index is 615. The van der Waals surface area contributed by atoms with E-state index in [1.165, 1.54) is 11.1 Å². The van der Waals surface area contributed by atoms with Crippen LogP contribution < -0.4 is 0 Å². The lowest BCUT2D eigenvalue weighted by molar-refractivity contribution is 0.112. The van der Waals surface area contributed by atoms with E-state index in [1.807, 2.05) is 43.5 Å². The van der Waals surface area contributed by atoms with Gasteiger partial charge in [-0.3, -0.25) is 9.79 Å². The van der Waals surface area contributed by atoms with Crippen LogP contribution in [-0.4, -0.2) is 19.0 Å². The molecule has 0 aliphatic carbocycles. The van der Waals surface area contributed by atoms with Gasteiger partial charge in [0, 0.05) is 18.3 Å². The molecule has 0 fully saturated rings. The zero-order chi connectivity index (χ0) is 16.4. The van der Waals surface area contributed by atoms with Gasteiger partial charge in [-0.25, -0.2) is 0 Å². The number of carbonyl (C=O) groups is 1. The molecule has 0 radical (unpaired) electrons. The Labute approximate surface area is 133 Å². The van der Waals surface area contributed by atoms with E-state index in [-0.39, 0.29) is 0 Å². The average molecular weight is 295 g/mol. The molecule has 0 aliphatic rings. The van der Waals surface area contributed by atoms with Crippen molar-refractivity contribution in [2.24, 2.45) is 10.9 Å². The third-order valence-electron chi connectivity index (χ3n) is 3.20. The smallest absolute Gasteiger partial charge is 0.150 e. The van der Waals surface area contributed by atoms with Gasteiger partial charge in [-0.15, -0.1) is 0 Å². The van der Waals surface area contributed by atoms with E-state index in [4.69, 9.17) is 0 Å². The van der Waals surface area contributed by atoms with Gasteiger partial charge in [0.15, 0.2) is 0 Å². The van der Waals surface area contributed by atoms with Crippen LogP contribution in [0.2, 0.25) is 0 Å². The van der Waals surface area contributed by atoms with E-state index in [0.717, 1.165) is 24.0 Å². The monoisotopic (exact) mass is 295 g/mol. The van der Waals surface area contributed by atoms with E-state index in [2.05, 4.69) is 44.0 Å². The first kappa shape index (κ1) is 17.8. The summed E-state index contributed by atoms with van der Waals surface area (Å²) in [5.41, 5.74) is 4.32. The van der Waals surface area contributed by atoms with Crippen molar-refractivity contribution in [1.29, 1.82) is 0 Å². The number of rotatable bonds is 4. The van der Waals surface area contributed by atoms with Crippen LogP contribution in [0.1, 0.15) is 40.9 Å². The van der Waals surface area contributed by atoms with E-state index >= 15 is 0 Å². The van der Waals surface area contributed by atoms with Gasteiger partial charge in [0.2, 0.25) is 0 Å². The van der Waals surface area contributed by atoms with E-state index in [9.17, 15) is 4.79 Å². The molecule has 0 bridgehead atoms. The highest BCUT2D eigenvalue weighted by Gasteiger charge is 1.92. The molecule has 2 rings (SSSR count). The minimum absolute atomic E-state index is 0.639. The first-order chi connectivity index (χ1) is 10.5. The summed E-state index contributed by atoms with van der Waals surface area (Å²) in [5, 5.41) is 0. The molecule has 0 N–H and O–H groups in total. The van der Waals surface area contributed by atoms with Crippen molar-refractivity contribution in [3.63, 3.8) is 0 Å². The normalized spacial score (nSPS) is 10.4. The molecular weight excluding hydrogens is 270 g/mol. The maximum atomic E-state index is 10.2. The first-order valence-corrected chi connectivity index (χ1v) is 7.61. The van der Waals surface area contributed by atoms with Crippen LogP contribution in [0.5, 0.6) is 0 Å². The molecule has 116 valence electrons. The van der Waals surface area contributed by atoms with Gasteiger partial charge in [-0.1, -0.05) is 62.4 Å². The number of hydrogen-bond acceptors (Lipinski definition) is 2. The maximum absolute atomic E-state index is 10.2. The van der Waals surface area contributed by atoms with Crippen LogP contribution >= 0.6 is 0 Å². The summed E-state index contributed by atoms with van der Waals surface area (Å²) in [4.78, 5) is 14.6. The van der Waals surface area contributed by atoms with Crippen molar-refractivity contribution >= 4 is 12.5 Å². The average Bonchev–Trinajstić information content (AvgIpc) is 2.50. The van der Waals surface area contributed by atoms with Crippen LogP contribution in [0, 0.1) is 19.8 Å². The van der Waals surface area contributed by atoms with Crippen LogP contribution in [-0.2, 0) is 0 Å². The molecular formula is C20H25NO. The number of hydrogen-bond donors (Lipinski definition) is 0. The Morgan fingerprint density at radius 3 is 1.82 bits per heavy atom. The number of aldehydes is 1. The zero-order valence-electron chi connectivity index (χ0n) is 13.9. The minimum Gasteiger partial charge on any atom is -0.298 e. The minimum atomic E-state index is 0.639. The van der Waals surface area contributed by atoms with Crippen molar-refractivity contribution < 1.29 is 4.79 Å². The molecule has 2 aromatic rings. The molecule has 0 amide bonds. The Balaban J connectivity index is 0.000000235. The molecule has 0 aromatic heterocycles. The summed E-state index contributed by atoms with van der Waals surface area (Å²) < 4.78 is 0. The number of carbonyl (C=O) groups excluding carboxylic acids is 1. The maximum Gasteiger partial charge on any atom is 0.150 e. The van der Waals surface area contributed by atoms with Crippen molar-refractivity contribution in [1.82, 2.24) is 0 Å². The predicted molar refractivity (Wildman–Crippen MR) is 95.0 cm³/mol. The van der Waals surface area contributed by atoms with Crippen LogP contribution in [0.15, 0.2) is 53.5 Å². The number of nitrogens with zero attached hydrogens (tertiary/aromatic N) is 1. The fourth-order valence-corrected chi connectivity index (χ4v) is 1.81. The Hall–Kier alpha value is -2.22. The Morgan fingerprint density at radius 1 is 0.909 bits per heavy atom. The third kappa shape index (κ3) is 6.49. The molecule has 0 unspecified atom stereocenters. The fourth-order valence-electron chi connectivity index (χ4n) is 1.81. The molecule has 0 heterocycles. The van der Waals surface area contributed by atoms with Gasteiger partial charge < -0.3 is 0 Å². The summed E-state index contributed by atoms with van der Waals surface area (Å²) in [6.45, 7) is 9.29. The quantitative estimate of drug-likeness (QED) is 0.584. The van der Waals surface area contributed by atoms with Crippen LogP contribution in [0.25, 0.3) is 0 Å². The predicted octanol–water partition coefficient (Wildman–Crippen LogP) is 4.88. The van der Waals surface area contributed by atoms with E-state index in [0.29, 0.717) is 5.92 Å². The largest absolute Gasteiger partial charge is 0.298 e. The van der Waals surface area contributed by atoms with Gasteiger partial charge >= 0.3 is 0 Å². The van der Waals surface area contributed by atoms with Crippen LogP contribution in [0.3, 0.4) is 0 Å². The van der Waals surface area contributed by atoms with E-state index in [1.54, 1.807) is 0 Å². The van der Waals surface area contributed by atoms with Gasteiger partial charge in [0.25, 0.3) is 0 Å². The van der Waals surface area contributed by atoms with Gasteiger partial charge in [0.05, 0.1) is 0 Å². The summed E-state index contributed by atoms with van der Waals surface area (Å²) in [6, 6.07) is 15.8. The number of aryl methyl sites for hydroxylation is 2. The molecule has 0 atom stereocenters. The molecule has 0 spiro atoms. The topological polar surface area (TPSA) is 29.4 Å². The fraction of sp³-hybridized carbons (Fsp3) is 0.300. The van der Waals surface area contributed by atoms with Gasteiger partial charge in [-0.05, 0) is 36.5 Å². The molecule has 0 saturated heterocycles. The summed E-state index contributed by atoms with van der Waals surface area (Å²) in [5.74, 6) is 0.639. The second kappa shape index (κ2) is 9.67. The molecule has 0 aliphatic heterocycles. The third-order valence-corrected chi connectivity index (χ3v) is 3.20. The van der Waals surface area contributed by atoms with Gasteiger partial charge in [-0.2, -0.15) is 0 Å². The summed E-state index contributed by atoms with van der Waals surface area (Å²) in [6.07, 6.45) is 2.84. The van der Waals surface area contributed by atoms with Gasteiger partial charge in [0.1, 0.15) is 6.29 Å². The second-order valence-corrected chi connectivity index (χ2v) is 5.72. The molecule has 0 saturated carbocycles. The first-order valence-electron chi connectivity index (χ1n) is 7.61. The molecule has 2 aromatic carbocycles. The highest BCUT2D eigenvalue weighted by molar-refractivity contribution is 5.81. The highest BCUT2D eigenvalue weighted by Crippen LogP contribution is 2.04. The Morgan fingerprint density at radius 2 is 1.41 bits per heavy atom. The lowest BCUT2D eigenvalue weighted by atomic mass is 10.1. The second-order valence-electron chi connectivity index (χ2n) is 5.72.